The van der Waals surface area contributed by atoms with E-state index in [0.717, 1.165) is 11.5 Å². The molecule has 0 saturated heterocycles. The number of rotatable bonds is 8. The van der Waals surface area contributed by atoms with Gasteiger partial charge < -0.3 is 14.5 Å². The van der Waals surface area contributed by atoms with E-state index in [1.54, 1.807) is 18.7 Å². The Hall–Kier alpha value is -2.21. The molecule has 2 rings (SSSR count). The van der Waals surface area contributed by atoms with Crippen LogP contribution >= 0.6 is 11.8 Å². The van der Waals surface area contributed by atoms with Gasteiger partial charge in [0.1, 0.15) is 11.3 Å². The second kappa shape index (κ2) is 9.05. The highest BCUT2D eigenvalue weighted by Crippen LogP contribution is 2.11. The summed E-state index contributed by atoms with van der Waals surface area (Å²) in [6.07, 6.45) is 1.41. The van der Waals surface area contributed by atoms with Gasteiger partial charge in [0, 0.05) is 18.1 Å². The molecule has 0 saturated carbocycles. The molecule has 0 aliphatic carbocycles. The summed E-state index contributed by atoms with van der Waals surface area (Å²) in [6, 6.07) is 11.7. The number of carbonyl (C=O) groups excluding carboxylic acids is 2. The molecule has 0 aliphatic rings. The Morgan fingerprint density at radius 3 is 2.70 bits per heavy atom. The van der Waals surface area contributed by atoms with Crippen LogP contribution in [0.25, 0.3) is 0 Å². The number of esters is 1. The van der Waals surface area contributed by atoms with Crippen LogP contribution in [0.1, 0.15) is 21.7 Å². The van der Waals surface area contributed by atoms with Crippen molar-refractivity contribution >= 4 is 23.6 Å². The van der Waals surface area contributed by atoms with Crippen LogP contribution in [0, 0.1) is 6.92 Å². The molecule has 0 atom stereocenters. The van der Waals surface area contributed by atoms with Gasteiger partial charge in [-0.05, 0) is 18.6 Å². The molecule has 0 bridgehead atoms. The molecule has 122 valence electrons. The maximum atomic E-state index is 11.7. The zero-order valence-corrected chi connectivity index (χ0v) is 13.7. The van der Waals surface area contributed by atoms with Crippen LogP contribution in [0.3, 0.4) is 0 Å². The highest BCUT2D eigenvalue weighted by molar-refractivity contribution is 7.98. The smallest absolute Gasteiger partial charge is 0.342 e. The highest BCUT2D eigenvalue weighted by atomic mass is 32.2. The van der Waals surface area contributed by atoms with Crippen molar-refractivity contribution in [3.8, 4) is 0 Å². The number of hydrogen-bond donors (Lipinski definition) is 1. The van der Waals surface area contributed by atoms with Crippen LogP contribution in [-0.2, 0) is 15.3 Å². The third-order valence-electron chi connectivity index (χ3n) is 3.09. The molecule has 1 N–H and O–H groups in total. The largest absolute Gasteiger partial charge is 0.469 e. The zero-order valence-electron chi connectivity index (χ0n) is 12.9. The van der Waals surface area contributed by atoms with Gasteiger partial charge in [-0.1, -0.05) is 30.3 Å². The maximum absolute atomic E-state index is 11.7. The lowest BCUT2D eigenvalue weighted by Crippen LogP contribution is -2.30. The third kappa shape index (κ3) is 5.83. The summed E-state index contributed by atoms with van der Waals surface area (Å²) in [5, 5.41) is 2.72. The van der Waals surface area contributed by atoms with Crippen molar-refractivity contribution in [3.63, 3.8) is 0 Å². The summed E-state index contributed by atoms with van der Waals surface area (Å²) >= 11 is 1.74. The van der Waals surface area contributed by atoms with Gasteiger partial charge in [-0.15, -0.1) is 0 Å². The lowest BCUT2D eigenvalue weighted by molar-refractivity contribution is -0.124. The summed E-state index contributed by atoms with van der Waals surface area (Å²) < 4.78 is 9.95. The Bertz CT molecular complexity index is 639. The van der Waals surface area contributed by atoms with Crippen molar-refractivity contribution in [2.45, 2.75) is 12.7 Å². The predicted molar refractivity (Wildman–Crippen MR) is 89.3 cm³/mol. The molecule has 6 heteroatoms. The number of amides is 1. The average molecular weight is 333 g/mol. The van der Waals surface area contributed by atoms with Gasteiger partial charge in [0.05, 0.1) is 6.26 Å². The molecule has 23 heavy (non-hydrogen) atoms. The van der Waals surface area contributed by atoms with E-state index in [9.17, 15) is 9.59 Å². The van der Waals surface area contributed by atoms with Crippen molar-refractivity contribution in [1.29, 1.82) is 0 Å². The van der Waals surface area contributed by atoms with Crippen molar-refractivity contribution in [3.05, 3.63) is 59.5 Å². The number of hydrogen-bond acceptors (Lipinski definition) is 5. The molecule has 1 heterocycles. The fraction of sp³-hybridized carbons (Fsp3) is 0.294. The van der Waals surface area contributed by atoms with Crippen LogP contribution in [0.15, 0.2) is 47.1 Å². The van der Waals surface area contributed by atoms with Crippen LogP contribution in [0.4, 0.5) is 0 Å². The highest BCUT2D eigenvalue weighted by Gasteiger charge is 2.14. The minimum absolute atomic E-state index is 0.285. The average Bonchev–Trinajstić information content (AvgIpc) is 2.99. The van der Waals surface area contributed by atoms with Gasteiger partial charge in [0.25, 0.3) is 5.91 Å². The molecule has 2 aromatic rings. The Balaban J connectivity index is 1.57. The fourth-order valence-corrected chi connectivity index (χ4v) is 2.70. The molecule has 0 fully saturated rings. The van der Waals surface area contributed by atoms with E-state index < -0.39 is 5.97 Å². The van der Waals surface area contributed by atoms with Crippen LogP contribution in [0.5, 0.6) is 0 Å². The summed E-state index contributed by atoms with van der Waals surface area (Å²) in [5.74, 6) is 1.33. The second-order valence-corrected chi connectivity index (χ2v) is 5.96. The SMILES string of the molecule is Cc1occc1C(=O)OCC(=O)NCCSCc1ccccc1. The van der Waals surface area contributed by atoms with Gasteiger partial charge in [-0.2, -0.15) is 11.8 Å². The van der Waals surface area contributed by atoms with Gasteiger partial charge in [-0.25, -0.2) is 4.79 Å². The van der Waals surface area contributed by atoms with Crippen LogP contribution in [-0.4, -0.2) is 30.8 Å². The van der Waals surface area contributed by atoms with E-state index in [1.165, 1.54) is 17.9 Å². The second-order valence-electron chi connectivity index (χ2n) is 4.85. The van der Waals surface area contributed by atoms with Crippen molar-refractivity contribution < 1.29 is 18.7 Å². The standard InChI is InChI=1S/C17H19NO4S/c1-13-15(7-9-21-13)17(20)22-11-16(19)18-8-10-23-12-14-5-3-2-4-6-14/h2-7,9H,8,10-12H2,1H3,(H,18,19). The van der Waals surface area contributed by atoms with E-state index in [0.29, 0.717) is 17.9 Å². The van der Waals surface area contributed by atoms with Crippen LogP contribution in [0.2, 0.25) is 0 Å². The summed E-state index contributed by atoms with van der Waals surface area (Å²) in [7, 11) is 0. The lowest BCUT2D eigenvalue weighted by Gasteiger charge is -2.06. The normalized spacial score (nSPS) is 10.3. The van der Waals surface area contributed by atoms with Crippen molar-refractivity contribution in [1.82, 2.24) is 5.32 Å². The molecule has 0 radical (unpaired) electrons. The Morgan fingerprint density at radius 2 is 2.00 bits per heavy atom. The first-order chi connectivity index (χ1) is 11.2. The van der Waals surface area contributed by atoms with Crippen molar-refractivity contribution in [2.75, 3.05) is 18.9 Å². The summed E-state index contributed by atoms with van der Waals surface area (Å²) in [4.78, 5) is 23.3. The van der Waals surface area contributed by atoms with Crippen LogP contribution < -0.4 is 5.32 Å². The molecule has 1 amide bonds. The fourth-order valence-electron chi connectivity index (χ4n) is 1.88. The van der Waals surface area contributed by atoms with E-state index in [2.05, 4.69) is 17.4 Å². The van der Waals surface area contributed by atoms with E-state index in [-0.39, 0.29) is 12.5 Å². The third-order valence-corrected chi connectivity index (χ3v) is 4.12. The topological polar surface area (TPSA) is 68.5 Å². The number of ether oxygens (including phenoxy) is 1. The summed E-state index contributed by atoms with van der Waals surface area (Å²) in [6.45, 7) is 1.92. The first kappa shape index (κ1) is 17.1. The molecule has 1 aromatic carbocycles. The molecular formula is C17H19NO4S. The number of aryl methyl sites for hydroxylation is 1. The van der Waals surface area contributed by atoms with E-state index in [4.69, 9.17) is 9.15 Å². The summed E-state index contributed by atoms with van der Waals surface area (Å²) in [5.41, 5.74) is 1.60. The zero-order chi connectivity index (χ0) is 16.5. The predicted octanol–water partition coefficient (Wildman–Crippen LogP) is 2.79. The molecule has 1 aromatic heterocycles. The molecule has 0 spiro atoms. The van der Waals surface area contributed by atoms with E-state index in [1.807, 2.05) is 18.2 Å². The van der Waals surface area contributed by atoms with Gasteiger partial charge in [0.2, 0.25) is 0 Å². The number of carbonyl (C=O) groups is 2. The lowest BCUT2D eigenvalue weighted by atomic mass is 10.2. The number of furan rings is 1. The Kier molecular flexibility index (Phi) is 6.75. The quantitative estimate of drug-likeness (QED) is 0.594. The first-order valence-electron chi connectivity index (χ1n) is 7.26. The number of thioether (sulfide) groups is 1. The number of nitrogens with one attached hydrogen (secondary N) is 1. The number of benzene rings is 1. The minimum atomic E-state index is -0.551. The Labute approximate surface area is 139 Å². The molecule has 0 unspecified atom stereocenters. The molecule has 5 nitrogen and oxygen atoms in total. The van der Waals surface area contributed by atoms with Gasteiger partial charge in [0.15, 0.2) is 6.61 Å². The van der Waals surface area contributed by atoms with Crippen molar-refractivity contribution in [2.24, 2.45) is 0 Å². The van der Waals surface area contributed by atoms with E-state index >= 15 is 0 Å². The minimum Gasteiger partial charge on any atom is -0.469 e. The van der Waals surface area contributed by atoms with Gasteiger partial charge >= 0.3 is 5.97 Å². The first-order valence-corrected chi connectivity index (χ1v) is 8.42. The Morgan fingerprint density at radius 1 is 1.22 bits per heavy atom. The maximum Gasteiger partial charge on any atom is 0.342 e. The van der Waals surface area contributed by atoms with Gasteiger partial charge in [-0.3, -0.25) is 4.79 Å². The molecular weight excluding hydrogens is 314 g/mol. The monoisotopic (exact) mass is 333 g/mol. The molecule has 0 aliphatic heterocycles.